The topological polar surface area (TPSA) is 137 Å². The lowest BCUT2D eigenvalue weighted by Crippen LogP contribution is -2.29. The number of urea groups is 1. The fourth-order valence-corrected chi connectivity index (χ4v) is 3.57. The van der Waals surface area contributed by atoms with Gasteiger partial charge in [-0.2, -0.15) is 10.1 Å². The van der Waals surface area contributed by atoms with Crippen molar-refractivity contribution in [2.24, 2.45) is 0 Å². The molecule has 38 heavy (non-hydrogen) atoms. The number of nitrogens with one attached hydrogen (secondary N) is 2. The molecular formula is C26H26ClN7O4. The van der Waals surface area contributed by atoms with Crippen LogP contribution >= 0.6 is 11.6 Å². The van der Waals surface area contributed by atoms with Crippen molar-refractivity contribution < 1.29 is 14.5 Å². The number of aryl methyl sites for hydroxylation is 1. The molecule has 12 heteroatoms. The zero-order valence-corrected chi connectivity index (χ0v) is 22.0. The van der Waals surface area contributed by atoms with E-state index in [0.29, 0.717) is 11.4 Å². The Hall–Kier alpha value is -4.51. The third-order valence-corrected chi connectivity index (χ3v) is 5.70. The Kier molecular flexibility index (Phi) is 7.58. The summed E-state index contributed by atoms with van der Waals surface area (Å²) in [5.74, 6) is 0.473. The highest BCUT2D eigenvalue weighted by Gasteiger charge is 2.23. The Morgan fingerprint density at radius 2 is 1.87 bits per heavy atom. The van der Waals surface area contributed by atoms with Crippen LogP contribution in [0, 0.1) is 17.0 Å². The van der Waals surface area contributed by atoms with Crippen molar-refractivity contribution >= 4 is 29.1 Å². The Balaban J connectivity index is 1.52. The van der Waals surface area contributed by atoms with Gasteiger partial charge in [-0.3, -0.25) is 15.4 Å². The highest BCUT2D eigenvalue weighted by Crippen LogP contribution is 2.31. The number of carbonyl (C=O) groups excluding carboxylic acids is 1. The maximum atomic E-state index is 12.9. The van der Waals surface area contributed by atoms with Crippen molar-refractivity contribution in [1.82, 2.24) is 25.1 Å². The molecule has 0 atom stereocenters. The summed E-state index contributed by atoms with van der Waals surface area (Å²) in [6.45, 7) is 8.21. The van der Waals surface area contributed by atoms with Gasteiger partial charge in [-0.1, -0.05) is 56.7 Å². The van der Waals surface area contributed by atoms with E-state index < -0.39 is 16.6 Å². The van der Waals surface area contributed by atoms with E-state index in [-0.39, 0.29) is 28.9 Å². The van der Waals surface area contributed by atoms with Crippen LogP contribution in [-0.4, -0.2) is 30.7 Å². The van der Waals surface area contributed by atoms with Crippen molar-refractivity contribution in [3.8, 4) is 17.3 Å². The van der Waals surface area contributed by atoms with Crippen LogP contribution in [0.5, 0.6) is 11.6 Å². The average Bonchev–Trinajstić information content (AvgIpc) is 3.28. The summed E-state index contributed by atoms with van der Waals surface area (Å²) < 4.78 is 7.39. The van der Waals surface area contributed by atoms with Gasteiger partial charge in [0, 0.05) is 23.6 Å². The van der Waals surface area contributed by atoms with Gasteiger partial charge in [-0.15, -0.1) is 0 Å². The predicted molar refractivity (Wildman–Crippen MR) is 143 cm³/mol. The summed E-state index contributed by atoms with van der Waals surface area (Å²) in [5.41, 5.74) is 2.64. The molecule has 0 unspecified atom stereocenters. The van der Waals surface area contributed by atoms with Crippen molar-refractivity contribution in [2.45, 2.75) is 39.7 Å². The Labute approximate surface area is 224 Å². The monoisotopic (exact) mass is 535 g/mol. The molecule has 0 saturated heterocycles. The van der Waals surface area contributed by atoms with Crippen LogP contribution in [0.25, 0.3) is 5.69 Å². The number of nitro groups is 1. The fourth-order valence-electron chi connectivity index (χ4n) is 3.45. The summed E-state index contributed by atoms with van der Waals surface area (Å²) in [6, 6.07) is 16.0. The molecule has 196 valence electrons. The second-order valence-electron chi connectivity index (χ2n) is 9.52. The molecule has 11 nitrogen and oxygen atoms in total. The molecule has 0 aliphatic carbocycles. The van der Waals surface area contributed by atoms with Gasteiger partial charge >= 0.3 is 17.6 Å². The zero-order valence-electron chi connectivity index (χ0n) is 21.2. The molecule has 0 saturated carbocycles. The van der Waals surface area contributed by atoms with Crippen LogP contribution in [-0.2, 0) is 12.0 Å². The Bertz CT molecular complexity index is 1480. The summed E-state index contributed by atoms with van der Waals surface area (Å²) in [4.78, 5) is 31.0. The smallest absolute Gasteiger partial charge is 0.349 e. The van der Waals surface area contributed by atoms with Gasteiger partial charge in [-0.05, 0) is 36.7 Å². The lowest BCUT2D eigenvalue weighted by Gasteiger charge is -2.14. The number of carbonyl (C=O) groups is 1. The first-order valence-corrected chi connectivity index (χ1v) is 12.0. The van der Waals surface area contributed by atoms with Crippen LogP contribution in [0.15, 0.2) is 60.8 Å². The second-order valence-corrected chi connectivity index (χ2v) is 9.85. The summed E-state index contributed by atoms with van der Waals surface area (Å²) >= 11 is 5.80. The standard InChI is InChI=1S/C26H26ClN7O4/c1-16-9-11-18(12-10-16)33-22(13-21(32-33)26(2,3)4)30-25(35)29-14-17-7-5-6-8-20(17)38-23-19(34(36)37)15-28-24(27)31-23/h5-13,15H,14H2,1-4H3,(H2,29,30,35). The number of nitrogens with zero attached hydrogens (tertiary/aromatic N) is 5. The third-order valence-electron chi connectivity index (χ3n) is 5.52. The highest BCUT2D eigenvalue weighted by molar-refractivity contribution is 6.28. The minimum Gasteiger partial charge on any atom is -0.433 e. The maximum Gasteiger partial charge on any atom is 0.349 e. The number of halogens is 1. The summed E-state index contributed by atoms with van der Waals surface area (Å²) in [5, 5.41) is 21.5. The van der Waals surface area contributed by atoms with E-state index in [1.165, 1.54) is 0 Å². The van der Waals surface area contributed by atoms with Crippen LogP contribution in [0.4, 0.5) is 16.3 Å². The quantitative estimate of drug-likeness (QED) is 0.169. The molecule has 0 aliphatic heterocycles. The largest absolute Gasteiger partial charge is 0.433 e. The number of rotatable bonds is 7. The lowest BCUT2D eigenvalue weighted by atomic mass is 9.92. The molecular weight excluding hydrogens is 510 g/mol. The van der Waals surface area contributed by atoms with Gasteiger partial charge in [0.05, 0.1) is 16.3 Å². The molecule has 4 aromatic rings. The maximum absolute atomic E-state index is 12.9. The molecule has 2 aromatic carbocycles. The van der Waals surface area contributed by atoms with Crippen molar-refractivity contribution in [3.63, 3.8) is 0 Å². The molecule has 2 amide bonds. The van der Waals surface area contributed by atoms with Crippen LogP contribution < -0.4 is 15.4 Å². The zero-order chi connectivity index (χ0) is 27.4. The average molecular weight is 536 g/mol. The van der Waals surface area contributed by atoms with Crippen molar-refractivity contribution in [2.75, 3.05) is 5.32 Å². The molecule has 0 radical (unpaired) electrons. The summed E-state index contributed by atoms with van der Waals surface area (Å²) in [7, 11) is 0. The number of aromatic nitrogens is 4. The molecule has 0 aliphatic rings. The SMILES string of the molecule is Cc1ccc(-n2nc(C(C)(C)C)cc2NC(=O)NCc2ccccc2Oc2nc(Cl)ncc2[N+](=O)[O-])cc1. The van der Waals surface area contributed by atoms with E-state index in [9.17, 15) is 14.9 Å². The summed E-state index contributed by atoms with van der Waals surface area (Å²) in [6.07, 6.45) is 0.974. The van der Waals surface area contributed by atoms with Gasteiger partial charge in [-0.25, -0.2) is 14.5 Å². The molecule has 0 spiro atoms. The van der Waals surface area contributed by atoms with Crippen molar-refractivity contribution in [1.29, 1.82) is 0 Å². The van der Waals surface area contributed by atoms with E-state index >= 15 is 0 Å². The minimum absolute atomic E-state index is 0.0689. The molecule has 0 fully saturated rings. The van der Waals surface area contributed by atoms with E-state index in [1.54, 1.807) is 28.9 Å². The van der Waals surface area contributed by atoms with Gasteiger partial charge in [0.2, 0.25) is 5.28 Å². The van der Waals surface area contributed by atoms with Gasteiger partial charge in [0.25, 0.3) is 0 Å². The first-order valence-electron chi connectivity index (χ1n) is 11.7. The number of benzene rings is 2. The van der Waals surface area contributed by atoms with Gasteiger partial charge in [0.15, 0.2) is 0 Å². The van der Waals surface area contributed by atoms with E-state index in [0.717, 1.165) is 23.1 Å². The second kappa shape index (κ2) is 10.9. The lowest BCUT2D eigenvalue weighted by molar-refractivity contribution is -0.386. The number of anilines is 1. The number of hydrogen-bond acceptors (Lipinski definition) is 7. The van der Waals surface area contributed by atoms with Crippen LogP contribution in [0.1, 0.15) is 37.6 Å². The molecule has 2 N–H and O–H groups in total. The van der Waals surface area contributed by atoms with E-state index in [2.05, 4.69) is 20.6 Å². The molecule has 4 rings (SSSR count). The normalized spacial score (nSPS) is 11.2. The van der Waals surface area contributed by atoms with E-state index in [4.69, 9.17) is 21.4 Å². The first kappa shape index (κ1) is 26.6. The van der Waals surface area contributed by atoms with Gasteiger partial charge < -0.3 is 10.1 Å². The van der Waals surface area contributed by atoms with Gasteiger partial charge in [0.1, 0.15) is 17.8 Å². The highest BCUT2D eigenvalue weighted by atomic mass is 35.5. The molecule has 2 heterocycles. The Morgan fingerprint density at radius 3 is 2.55 bits per heavy atom. The molecule has 0 bridgehead atoms. The van der Waals surface area contributed by atoms with Crippen LogP contribution in [0.2, 0.25) is 5.28 Å². The van der Waals surface area contributed by atoms with Crippen molar-refractivity contribution in [3.05, 3.63) is 93.0 Å². The first-order chi connectivity index (χ1) is 18.0. The van der Waals surface area contributed by atoms with E-state index in [1.807, 2.05) is 58.0 Å². The number of para-hydroxylation sites is 1. The molecule has 2 aromatic heterocycles. The number of amides is 2. The Morgan fingerprint density at radius 1 is 1.16 bits per heavy atom. The van der Waals surface area contributed by atoms with Crippen LogP contribution in [0.3, 0.4) is 0 Å². The third kappa shape index (κ3) is 6.24. The fraction of sp³-hybridized carbons (Fsp3) is 0.231. The minimum atomic E-state index is -0.664. The predicted octanol–water partition coefficient (Wildman–Crippen LogP) is 5.94. The number of ether oxygens (including phenoxy) is 1. The number of hydrogen-bond donors (Lipinski definition) is 2.